The highest BCUT2D eigenvalue weighted by Crippen LogP contribution is 2.16. The van der Waals surface area contributed by atoms with Gasteiger partial charge in [-0.3, -0.25) is 9.00 Å². The minimum Gasteiger partial charge on any atom is -0.341 e. The van der Waals surface area contributed by atoms with E-state index in [0.717, 1.165) is 5.56 Å². The van der Waals surface area contributed by atoms with Crippen LogP contribution in [0.15, 0.2) is 24.3 Å². The molecule has 0 aliphatic heterocycles. The zero-order valence-electron chi connectivity index (χ0n) is 13.1. The largest absolute Gasteiger partial charge is 0.341 e. The van der Waals surface area contributed by atoms with Gasteiger partial charge in [0.2, 0.25) is 0 Å². The predicted molar refractivity (Wildman–Crippen MR) is 91.3 cm³/mol. The Morgan fingerprint density at radius 3 is 2.52 bits per heavy atom. The molecule has 0 spiro atoms. The first kappa shape index (κ1) is 20.1. The number of benzene rings is 1. The Balaban J connectivity index is 0.00000400. The molecule has 0 aliphatic rings. The second kappa shape index (κ2) is 8.51. The number of rotatable bonds is 6. The van der Waals surface area contributed by atoms with Crippen molar-refractivity contribution in [3.63, 3.8) is 0 Å². The van der Waals surface area contributed by atoms with E-state index in [0.29, 0.717) is 24.4 Å². The number of nitrogens with zero attached hydrogens (tertiary/aromatic N) is 1. The molecule has 2 N–H and O–H groups in total. The van der Waals surface area contributed by atoms with E-state index < -0.39 is 10.8 Å². The summed E-state index contributed by atoms with van der Waals surface area (Å²) < 4.78 is 11.3. The fourth-order valence-corrected chi connectivity index (χ4v) is 2.68. The van der Waals surface area contributed by atoms with Gasteiger partial charge in [0.15, 0.2) is 0 Å². The van der Waals surface area contributed by atoms with Crippen LogP contribution < -0.4 is 5.73 Å². The molecule has 0 aromatic heterocycles. The van der Waals surface area contributed by atoms with Crippen molar-refractivity contribution < 1.29 is 9.00 Å². The maximum absolute atomic E-state index is 12.4. The number of halogens is 1. The van der Waals surface area contributed by atoms with Gasteiger partial charge in [0, 0.05) is 42.0 Å². The van der Waals surface area contributed by atoms with Crippen molar-refractivity contribution in [3.05, 3.63) is 35.4 Å². The van der Waals surface area contributed by atoms with Gasteiger partial charge in [0.1, 0.15) is 0 Å². The smallest absolute Gasteiger partial charge is 0.253 e. The van der Waals surface area contributed by atoms with Crippen molar-refractivity contribution in [2.45, 2.75) is 19.6 Å². The molecule has 6 heteroatoms. The molecule has 0 radical (unpaired) electrons. The molecule has 0 heterocycles. The van der Waals surface area contributed by atoms with E-state index in [-0.39, 0.29) is 23.7 Å². The van der Waals surface area contributed by atoms with Gasteiger partial charge in [-0.2, -0.15) is 0 Å². The van der Waals surface area contributed by atoms with Gasteiger partial charge in [0.05, 0.1) is 0 Å². The number of hydrogen-bond acceptors (Lipinski definition) is 3. The minimum absolute atomic E-state index is 0. The summed E-state index contributed by atoms with van der Waals surface area (Å²) in [5.41, 5.74) is 7.14. The second-order valence-corrected chi connectivity index (χ2v) is 7.38. The molecule has 1 aromatic carbocycles. The van der Waals surface area contributed by atoms with E-state index in [1.165, 1.54) is 0 Å². The Hall–Kier alpha value is -0.910. The summed E-state index contributed by atoms with van der Waals surface area (Å²) in [7, 11) is 0.875. The van der Waals surface area contributed by atoms with Crippen LogP contribution in [0.4, 0.5) is 0 Å². The average molecular weight is 333 g/mol. The first-order valence-electron chi connectivity index (χ1n) is 6.60. The first-order valence-corrected chi connectivity index (χ1v) is 8.32. The molecule has 1 aromatic rings. The molecular weight excluding hydrogens is 308 g/mol. The molecule has 0 saturated heterocycles. The Morgan fingerprint density at radius 1 is 1.38 bits per heavy atom. The lowest BCUT2D eigenvalue weighted by molar-refractivity contribution is 0.0740. The van der Waals surface area contributed by atoms with Crippen LogP contribution in [0.1, 0.15) is 29.8 Å². The van der Waals surface area contributed by atoms with E-state index in [1.54, 1.807) is 24.3 Å². The molecule has 21 heavy (non-hydrogen) atoms. The predicted octanol–water partition coefficient (Wildman–Crippen LogP) is 2.04. The van der Waals surface area contributed by atoms with Crippen LogP contribution in [0.2, 0.25) is 0 Å². The summed E-state index contributed by atoms with van der Waals surface area (Å²) in [6.07, 6.45) is 1.66. The van der Waals surface area contributed by atoms with Gasteiger partial charge in [-0.05, 0) is 29.7 Å². The van der Waals surface area contributed by atoms with Crippen LogP contribution in [-0.2, 0) is 16.6 Å². The van der Waals surface area contributed by atoms with Crippen molar-refractivity contribution in [1.82, 2.24) is 4.90 Å². The van der Waals surface area contributed by atoms with Crippen molar-refractivity contribution in [2.75, 3.05) is 26.4 Å². The number of carbonyl (C=O) groups excluding carboxylic acids is 1. The Kier molecular flexibility index (Phi) is 8.14. The SMILES string of the molecule is CN(CC(C)(C)CN)C(=O)c1cccc(CS(C)=O)c1.Cl. The maximum Gasteiger partial charge on any atom is 0.253 e. The Morgan fingerprint density at radius 2 is 2.00 bits per heavy atom. The maximum atomic E-state index is 12.4. The lowest BCUT2D eigenvalue weighted by atomic mass is 9.93. The molecule has 1 amide bonds. The van der Waals surface area contributed by atoms with Crippen LogP contribution in [-0.4, -0.2) is 41.4 Å². The Bertz CT molecular complexity index is 506. The summed E-state index contributed by atoms with van der Waals surface area (Å²) in [4.78, 5) is 14.1. The lowest BCUT2D eigenvalue weighted by Gasteiger charge is -2.29. The molecule has 120 valence electrons. The third-order valence-electron chi connectivity index (χ3n) is 3.11. The fourth-order valence-electron chi connectivity index (χ4n) is 2.03. The molecule has 0 aliphatic carbocycles. The van der Waals surface area contributed by atoms with Crippen molar-refractivity contribution in [1.29, 1.82) is 0 Å². The standard InChI is InChI=1S/C15H24N2O2S.ClH/c1-15(2,10-16)11-17(3)14(18)13-7-5-6-12(8-13)9-20(4)19;/h5-8H,9-11,16H2,1-4H3;1H. The molecule has 0 bridgehead atoms. The second-order valence-electron chi connectivity index (χ2n) is 5.95. The van der Waals surface area contributed by atoms with E-state index in [9.17, 15) is 9.00 Å². The van der Waals surface area contributed by atoms with E-state index in [1.807, 2.05) is 32.0 Å². The van der Waals surface area contributed by atoms with Crippen molar-refractivity contribution in [3.8, 4) is 0 Å². The third kappa shape index (κ3) is 6.59. The molecule has 0 fully saturated rings. The molecular formula is C15H25ClN2O2S. The normalized spacial score (nSPS) is 12.4. The zero-order valence-corrected chi connectivity index (χ0v) is 14.7. The van der Waals surface area contributed by atoms with Gasteiger partial charge in [-0.25, -0.2) is 0 Å². The van der Waals surface area contributed by atoms with Crippen LogP contribution in [0, 0.1) is 5.41 Å². The van der Waals surface area contributed by atoms with Crippen LogP contribution in [0.5, 0.6) is 0 Å². The van der Waals surface area contributed by atoms with Crippen molar-refractivity contribution in [2.24, 2.45) is 11.1 Å². The van der Waals surface area contributed by atoms with E-state index in [4.69, 9.17) is 5.73 Å². The third-order valence-corrected chi connectivity index (χ3v) is 3.85. The Labute approximate surface area is 136 Å². The quantitative estimate of drug-likeness (QED) is 0.867. The number of nitrogens with two attached hydrogens (primary N) is 1. The number of amides is 1. The topological polar surface area (TPSA) is 63.4 Å². The van der Waals surface area contributed by atoms with Crippen LogP contribution >= 0.6 is 12.4 Å². The summed E-state index contributed by atoms with van der Waals surface area (Å²) in [6, 6.07) is 7.32. The number of carbonyl (C=O) groups is 1. The lowest BCUT2D eigenvalue weighted by Crippen LogP contribution is -2.39. The summed E-state index contributed by atoms with van der Waals surface area (Å²) in [5, 5.41) is 0. The van der Waals surface area contributed by atoms with Gasteiger partial charge < -0.3 is 10.6 Å². The highest BCUT2D eigenvalue weighted by atomic mass is 35.5. The monoisotopic (exact) mass is 332 g/mol. The molecule has 1 atom stereocenters. The van der Waals surface area contributed by atoms with Crippen molar-refractivity contribution >= 4 is 29.1 Å². The van der Waals surface area contributed by atoms with Gasteiger partial charge in [0.25, 0.3) is 5.91 Å². The molecule has 1 rings (SSSR count). The summed E-state index contributed by atoms with van der Waals surface area (Å²) >= 11 is 0. The van der Waals surface area contributed by atoms with Crippen LogP contribution in [0.3, 0.4) is 0 Å². The zero-order chi connectivity index (χ0) is 15.3. The molecule has 4 nitrogen and oxygen atoms in total. The summed E-state index contributed by atoms with van der Waals surface area (Å²) in [5.74, 6) is 0.439. The highest BCUT2D eigenvalue weighted by molar-refractivity contribution is 7.83. The summed E-state index contributed by atoms with van der Waals surface area (Å²) in [6.45, 7) is 5.20. The average Bonchev–Trinajstić information content (AvgIpc) is 2.37. The van der Waals surface area contributed by atoms with Gasteiger partial charge in [-0.15, -0.1) is 12.4 Å². The van der Waals surface area contributed by atoms with Gasteiger partial charge >= 0.3 is 0 Å². The van der Waals surface area contributed by atoms with E-state index >= 15 is 0 Å². The first-order chi connectivity index (χ1) is 9.25. The van der Waals surface area contributed by atoms with Gasteiger partial charge in [-0.1, -0.05) is 26.0 Å². The number of hydrogen-bond donors (Lipinski definition) is 1. The molecule has 1 unspecified atom stereocenters. The fraction of sp³-hybridized carbons (Fsp3) is 0.533. The van der Waals surface area contributed by atoms with E-state index in [2.05, 4.69) is 0 Å². The molecule has 0 saturated carbocycles. The minimum atomic E-state index is -0.907. The van der Waals surface area contributed by atoms with Crippen LogP contribution in [0.25, 0.3) is 0 Å². The highest BCUT2D eigenvalue weighted by Gasteiger charge is 2.22.